The number of ether oxygens (including phenoxy) is 1. The van der Waals surface area contributed by atoms with Crippen molar-refractivity contribution in [1.29, 1.82) is 0 Å². The fourth-order valence-electron chi connectivity index (χ4n) is 6.00. The van der Waals surface area contributed by atoms with E-state index in [4.69, 9.17) is 0 Å². The van der Waals surface area contributed by atoms with Crippen LogP contribution in [-0.4, -0.2) is 15.8 Å². The monoisotopic (exact) mass is 680 g/mol. The number of alkyl halides is 2. The normalized spacial score (nSPS) is 16.6. The third-order valence-electron chi connectivity index (χ3n) is 8.53. The molecule has 0 radical (unpaired) electrons. The Hall–Kier alpha value is -4.42. The maximum Gasteiger partial charge on any atom is 0.432 e. The predicted octanol–water partition coefficient (Wildman–Crippen LogP) is 10.3. The van der Waals surface area contributed by atoms with Crippen molar-refractivity contribution >= 4 is 5.78 Å². The smallest absolute Gasteiger partial charge is 0.429 e. The molecule has 1 aromatic heterocycles. The van der Waals surface area contributed by atoms with Gasteiger partial charge in [0.1, 0.15) is 34.6 Å². The van der Waals surface area contributed by atoms with Crippen molar-refractivity contribution in [2.45, 2.75) is 70.3 Å². The summed E-state index contributed by atoms with van der Waals surface area (Å²) in [5.41, 5.74) is -3.67. The van der Waals surface area contributed by atoms with Crippen molar-refractivity contribution < 1.29 is 49.0 Å². The average molecular weight is 681 g/mol. The molecule has 1 fully saturated rings. The third-order valence-corrected chi connectivity index (χ3v) is 8.53. The quantitative estimate of drug-likeness (QED) is 0.0685. The third kappa shape index (κ3) is 7.50. The second-order valence-corrected chi connectivity index (χ2v) is 11.8. The van der Waals surface area contributed by atoms with Gasteiger partial charge in [0.25, 0.3) is 0 Å². The first-order valence-electron chi connectivity index (χ1n) is 15.4. The van der Waals surface area contributed by atoms with E-state index in [2.05, 4.69) is 21.6 Å². The largest absolute Gasteiger partial charge is 0.432 e. The highest BCUT2D eigenvalue weighted by molar-refractivity contribution is 6.09. The summed E-state index contributed by atoms with van der Waals surface area (Å²) in [5, 5.41) is 0. The molecular weight excluding hydrogens is 651 g/mol. The van der Waals surface area contributed by atoms with Gasteiger partial charge in [0, 0.05) is 35.7 Å². The van der Waals surface area contributed by atoms with Gasteiger partial charge in [-0.05, 0) is 67.3 Å². The minimum atomic E-state index is -4.82. The molecule has 0 amide bonds. The van der Waals surface area contributed by atoms with Crippen LogP contribution < -0.4 is 4.74 Å². The van der Waals surface area contributed by atoms with Gasteiger partial charge in [-0.15, -0.1) is 0 Å². The molecule has 4 aromatic rings. The Kier molecular flexibility index (Phi) is 10.4. The topological polar surface area (TPSA) is 52.1 Å². The number of nitrogens with zero attached hydrogens (tertiary/aromatic N) is 2. The molecule has 0 atom stereocenters. The molecule has 0 aliphatic heterocycles. The van der Waals surface area contributed by atoms with Crippen LogP contribution in [0.15, 0.2) is 48.8 Å². The summed E-state index contributed by atoms with van der Waals surface area (Å²) < 4.78 is 134. The SMILES string of the molecule is CCCCCC1CCC(c2cnc(-c3cc(F)c(C(F)(F)Oc4cc(F)c(C(=O)c5cc(F)c(F)c(F)c5)c(F)c4)c(F)c3)nc2)CC1. The van der Waals surface area contributed by atoms with E-state index in [0.29, 0.717) is 18.1 Å². The molecular formula is C35H29F9N2O2. The van der Waals surface area contributed by atoms with Gasteiger partial charge < -0.3 is 4.74 Å². The van der Waals surface area contributed by atoms with Crippen LogP contribution in [0, 0.1) is 46.6 Å². The van der Waals surface area contributed by atoms with Gasteiger partial charge in [-0.25, -0.2) is 40.7 Å². The average Bonchev–Trinajstić information content (AvgIpc) is 3.03. The number of unbranched alkanes of at least 4 members (excludes halogenated alkanes) is 2. The Balaban J connectivity index is 1.30. The summed E-state index contributed by atoms with van der Waals surface area (Å²) in [6.45, 7) is 2.17. The van der Waals surface area contributed by atoms with E-state index < -0.39 is 75.1 Å². The van der Waals surface area contributed by atoms with Gasteiger partial charge in [-0.3, -0.25) is 4.79 Å². The molecule has 0 unspecified atom stereocenters. The number of aromatic nitrogens is 2. The van der Waals surface area contributed by atoms with Gasteiger partial charge in [0.05, 0.1) is 5.56 Å². The summed E-state index contributed by atoms with van der Waals surface area (Å²) in [7, 11) is 0. The van der Waals surface area contributed by atoms with Gasteiger partial charge in [-0.2, -0.15) is 8.78 Å². The summed E-state index contributed by atoms with van der Waals surface area (Å²) in [6.07, 6.45) is 7.20. The van der Waals surface area contributed by atoms with Crippen molar-refractivity contribution in [2.24, 2.45) is 5.92 Å². The second-order valence-electron chi connectivity index (χ2n) is 11.8. The number of hydrogen-bond acceptors (Lipinski definition) is 4. The van der Waals surface area contributed by atoms with E-state index in [1.54, 1.807) is 12.4 Å². The maximum absolute atomic E-state index is 15.0. The fourth-order valence-corrected chi connectivity index (χ4v) is 6.00. The number of carbonyl (C=O) groups excluding carboxylic acids is 1. The Bertz CT molecular complexity index is 1740. The maximum atomic E-state index is 15.0. The lowest BCUT2D eigenvalue weighted by Crippen LogP contribution is -2.25. The Morgan fingerprint density at radius 3 is 1.88 bits per heavy atom. The minimum Gasteiger partial charge on any atom is -0.429 e. The first kappa shape index (κ1) is 34.9. The van der Waals surface area contributed by atoms with E-state index in [1.807, 2.05) is 0 Å². The zero-order chi connectivity index (χ0) is 34.7. The molecule has 254 valence electrons. The highest BCUT2D eigenvalue weighted by Crippen LogP contribution is 2.39. The standard InChI is InChI=1S/C35H29F9N2O2/c1-2-3-4-5-18-6-8-19(9-7-18)22-16-45-34(46-17-22)21-12-26(38)31(27(39)13-21)35(43,44)48-23-14-24(36)30(25(37)15-23)33(47)20-10-28(40)32(42)29(41)11-20/h10-19H,2-9H2,1H3. The molecule has 13 heteroatoms. The number of halogens is 9. The Morgan fingerprint density at radius 1 is 0.771 bits per heavy atom. The molecule has 48 heavy (non-hydrogen) atoms. The summed E-state index contributed by atoms with van der Waals surface area (Å²) in [5.74, 6) is -14.8. The van der Waals surface area contributed by atoms with Crippen molar-refractivity contribution in [3.63, 3.8) is 0 Å². The van der Waals surface area contributed by atoms with Crippen LogP contribution in [-0.2, 0) is 6.11 Å². The van der Waals surface area contributed by atoms with Crippen LogP contribution in [0.5, 0.6) is 5.75 Å². The molecule has 0 saturated heterocycles. The van der Waals surface area contributed by atoms with E-state index in [1.165, 1.54) is 25.7 Å². The van der Waals surface area contributed by atoms with Crippen LogP contribution in [0.3, 0.4) is 0 Å². The molecule has 4 nitrogen and oxygen atoms in total. The molecule has 0 N–H and O–H groups in total. The zero-order valence-corrected chi connectivity index (χ0v) is 25.5. The van der Waals surface area contributed by atoms with Crippen LogP contribution >= 0.6 is 0 Å². The van der Waals surface area contributed by atoms with E-state index in [9.17, 15) is 35.5 Å². The molecule has 1 heterocycles. The lowest BCUT2D eigenvalue weighted by Gasteiger charge is -2.28. The van der Waals surface area contributed by atoms with Crippen molar-refractivity contribution in [3.8, 4) is 17.1 Å². The van der Waals surface area contributed by atoms with Gasteiger partial charge in [0.2, 0.25) is 0 Å². The predicted molar refractivity (Wildman–Crippen MR) is 157 cm³/mol. The van der Waals surface area contributed by atoms with Crippen LogP contribution in [0.4, 0.5) is 39.5 Å². The lowest BCUT2D eigenvalue weighted by atomic mass is 9.77. The molecule has 1 saturated carbocycles. The minimum absolute atomic E-state index is 0.110. The fraction of sp³-hybridized carbons (Fsp3) is 0.343. The number of hydrogen-bond donors (Lipinski definition) is 0. The van der Waals surface area contributed by atoms with Crippen molar-refractivity contribution in [3.05, 3.63) is 112 Å². The molecule has 1 aliphatic rings. The lowest BCUT2D eigenvalue weighted by molar-refractivity contribution is -0.189. The Labute approximate surface area is 270 Å². The van der Waals surface area contributed by atoms with Gasteiger partial charge in [0.15, 0.2) is 29.1 Å². The van der Waals surface area contributed by atoms with Crippen LogP contribution in [0.2, 0.25) is 0 Å². The first-order chi connectivity index (χ1) is 22.8. The van der Waals surface area contributed by atoms with E-state index in [0.717, 1.165) is 31.2 Å². The molecule has 0 bridgehead atoms. The number of benzene rings is 3. The molecule has 1 aliphatic carbocycles. The summed E-state index contributed by atoms with van der Waals surface area (Å²) >= 11 is 0. The number of rotatable bonds is 11. The highest BCUT2D eigenvalue weighted by atomic mass is 19.3. The van der Waals surface area contributed by atoms with E-state index >= 15 is 8.78 Å². The second kappa shape index (κ2) is 14.4. The summed E-state index contributed by atoms with van der Waals surface area (Å²) in [4.78, 5) is 20.9. The number of carbonyl (C=O) groups is 1. The molecule has 5 rings (SSSR count). The van der Waals surface area contributed by atoms with Gasteiger partial charge >= 0.3 is 6.11 Å². The van der Waals surface area contributed by atoms with Crippen molar-refractivity contribution in [1.82, 2.24) is 9.97 Å². The molecule has 0 spiro atoms. The Morgan fingerprint density at radius 2 is 1.33 bits per heavy atom. The van der Waals surface area contributed by atoms with Crippen LogP contribution in [0.1, 0.15) is 91.3 Å². The van der Waals surface area contributed by atoms with Gasteiger partial charge in [-0.1, -0.05) is 32.6 Å². The first-order valence-corrected chi connectivity index (χ1v) is 15.4. The van der Waals surface area contributed by atoms with Crippen molar-refractivity contribution in [2.75, 3.05) is 0 Å². The highest BCUT2D eigenvalue weighted by Gasteiger charge is 2.42. The van der Waals surface area contributed by atoms with Crippen LogP contribution in [0.25, 0.3) is 11.4 Å². The number of ketones is 1. The zero-order valence-electron chi connectivity index (χ0n) is 25.5. The van der Waals surface area contributed by atoms with E-state index in [-0.39, 0.29) is 41.6 Å². The molecule has 3 aromatic carbocycles. The summed E-state index contributed by atoms with van der Waals surface area (Å²) in [6, 6.07) is 1.73.